The Morgan fingerprint density at radius 3 is 2.68 bits per heavy atom. The molecule has 2 amide bonds. The summed E-state index contributed by atoms with van der Waals surface area (Å²) < 4.78 is 56.4. The van der Waals surface area contributed by atoms with Gasteiger partial charge in [0.2, 0.25) is 5.13 Å². The van der Waals surface area contributed by atoms with Crippen LogP contribution in [-0.2, 0) is 28.7 Å². The number of benzene rings is 1. The molecule has 2 aromatic rings. The van der Waals surface area contributed by atoms with Gasteiger partial charge in [-0.15, -0.1) is 10.2 Å². The van der Waals surface area contributed by atoms with Gasteiger partial charge < -0.3 is 10.1 Å². The molecule has 28 heavy (non-hydrogen) atoms. The lowest BCUT2D eigenvalue weighted by Gasteiger charge is -2.13. The zero-order valence-corrected chi connectivity index (χ0v) is 15.4. The number of amides is 2. The fourth-order valence-corrected chi connectivity index (χ4v) is 2.95. The summed E-state index contributed by atoms with van der Waals surface area (Å²) in [6.07, 6.45) is -3.56. The van der Waals surface area contributed by atoms with Gasteiger partial charge in [0.15, 0.2) is 0 Å². The van der Waals surface area contributed by atoms with Crippen LogP contribution in [0.4, 0.5) is 27.5 Å². The van der Waals surface area contributed by atoms with Gasteiger partial charge in [0.1, 0.15) is 10.8 Å². The van der Waals surface area contributed by atoms with E-state index in [-0.39, 0.29) is 23.1 Å². The second-order valence-corrected chi connectivity index (χ2v) is 6.60. The van der Waals surface area contributed by atoms with Crippen LogP contribution in [0.15, 0.2) is 18.2 Å². The minimum absolute atomic E-state index is 0.153. The number of rotatable bonds is 7. The lowest BCUT2D eigenvalue weighted by Crippen LogP contribution is -2.29. The standard InChI is InChI=1S/C16H16F4N4O3S/c1-27-13(25)4-2-3-12-23-24-15(28-12)22-14(26)21-8-9-5-6-10(17)7-11(9)16(18,19)20/h5-7H,2-4,8H2,1H3,(H2,21,22,24,26). The summed E-state index contributed by atoms with van der Waals surface area (Å²) in [4.78, 5) is 22.9. The Morgan fingerprint density at radius 2 is 2.00 bits per heavy atom. The third kappa shape index (κ3) is 6.44. The van der Waals surface area contributed by atoms with Crippen molar-refractivity contribution in [3.8, 4) is 0 Å². The van der Waals surface area contributed by atoms with Crippen LogP contribution in [0.5, 0.6) is 0 Å². The summed E-state index contributed by atoms with van der Waals surface area (Å²) in [7, 11) is 1.29. The van der Waals surface area contributed by atoms with E-state index in [1.54, 1.807) is 0 Å². The number of aryl methyl sites for hydroxylation is 1. The molecule has 0 fully saturated rings. The Labute approximate surface area is 161 Å². The predicted molar refractivity (Wildman–Crippen MR) is 92.1 cm³/mol. The summed E-state index contributed by atoms with van der Waals surface area (Å²) in [5.74, 6) is -1.37. The number of aromatic nitrogens is 2. The topological polar surface area (TPSA) is 93.2 Å². The molecule has 152 valence electrons. The van der Waals surface area contributed by atoms with Gasteiger partial charge in [-0.25, -0.2) is 9.18 Å². The Hall–Kier alpha value is -2.76. The maximum Gasteiger partial charge on any atom is 0.416 e. The van der Waals surface area contributed by atoms with E-state index in [1.807, 2.05) is 0 Å². The zero-order valence-electron chi connectivity index (χ0n) is 14.6. The average molecular weight is 420 g/mol. The van der Waals surface area contributed by atoms with Gasteiger partial charge in [0, 0.05) is 19.4 Å². The maximum atomic E-state index is 13.1. The Morgan fingerprint density at radius 1 is 1.25 bits per heavy atom. The van der Waals surface area contributed by atoms with E-state index in [4.69, 9.17) is 0 Å². The number of urea groups is 1. The van der Waals surface area contributed by atoms with Gasteiger partial charge in [-0.2, -0.15) is 13.2 Å². The molecule has 12 heteroatoms. The first kappa shape index (κ1) is 21.5. The first-order chi connectivity index (χ1) is 13.2. The number of esters is 1. The van der Waals surface area contributed by atoms with Gasteiger partial charge in [0.05, 0.1) is 12.7 Å². The molecular weight excluding hydrogens is 404 g/mol. The van der Waals surface area contributed by atoms with E-state index in [0.29, 0.717) is 23.9 Å². The number of anilines is 1. The van der Waals surface area contributed by atoms with Crippen molar-refractivity contribution < 1.29 is 31.9 Å². The molecule has 0 saturated carbocycles. The third-order valence-corrected chi connectivity index (χ3v) is 4.40. The molecule has 2 N–H and O–H groups in total. The van der Waals surface area contributed by atoms with E-state index in [1.165, 1.54) is 7.11 Å². The number of ether oxygens (including phenoxy) is 1. The SMILES string of the molecule is COC(=O)CCCc1nnc(NC(=O)NCc2ccc(F)cc2C(F)(F)F)s1. The second kappa shape index (κ2) is 9.44. The monoisotopic (exact) mass is 420 g/mol. The number of alkyl halides is 3. The molecule has 0 aliphatic rings. The van der Waals surface area contributed by atoms with Gasteiger partial charge >= 0.3 is 18.2 Å². The third-order valence-electron chi connectivity index (χ3n) is 3.50. The summed E-state index contributed by atoms with van der Waals surface area (Å²) in [6, 6.07) is 1.44. The van der Waals surface area contributed by atoms with Gasteiger partial charge in [-0.05, 0) is 24.1 Å². The molecule has 0 atom stereocenters. The number of hydrogen-bond acceptors (Lipinski definition) is 6. The highest BCUT2D eigenvalue weighted by molar-refractivity contribution is 7.15. The highest BCUT2D eigenvalue weighted by Gasteiger charge is 2.33. The summed E-state index contributed by atoms with van der Waals surface area (Å²) in [6.45, 7) is -0.453. The summed E-state index contributed by atoms with van der Waals surface area (Å²) in [5.41, 5.74) is -1.43. The Balaban J connectivity index is 1.88. The van der Waals surface area contributed by atoms with Crippen LogP contribution in [0.3, 0.4) is 0 Å². The first-order valence-electron chi connectivity index (χ1n) is 7.98. The highest BCUT2D eigenvalue weighted by atomic mass is 32.1. The molecular formula is C16H16F4N4O3S. The lowest BCUT2D eigenvalue weighted by atomic mass is 10.1. The van der Waals surface area contributed by atoms with Crippen molar-refractivity contribution in [1.82, 2.24) is 15.5 Å². The molecule has 7 nitrogen and oxygen atoms in total. The number of halogens is 4. The van der Waals surface area contributed by atoms with E-state index in [9.17, 15) is 27.2 Å². The van der Waals surface area contributed by atoms with Crippen molar-refractivity contribution in [3.63, 3.8) is 0 Å². The van der Waals surface area contributed by atoms with Gasteiger partial charge in [-0.1, -0.05) is 17.4 Å². The number of carbonyl (C=O) groups excluding carboxylic acids is 2. The summed E-state index contributed by atoms with van der Waals surface area (Å²) >= 11 is 1.08. The fraction of sp³-hybridized carbons (Fsp3) is 0.375. The van der Waals surface area contributed by atoms with Crippen LogP contribution in [0.25, 0.3) is 0 Å². The van der Waals surface area contributed by atoms with E-state index in [2.05, 4.69) is 25.6 Å². The molecule has 1 aromatic carbocycles. The van der Waals surface area contributed by atoms with Gasteiger partial charge in [-0.3, -0.25) is 10.1 Å². The molecule has 0 radical (unpaired) electrons. The molecule has 1 aromatic heterocycles. The minimum Gasteiger partial charge on any atom is -0.469 e. The highest BCUT2D eigenvalue weighted by Crippen LogP contribution is 2.32. The number of carbonyl (C=O) groups is 2. The van der Waals surface area contributed by atoms with E-state index in [0.717, 1.165) is 23.5 Å². The Kier molecular flexibility index (Phi) is 7.26. The van der Waals surface area contributed by atoms with E-state index >= 15 is 0 Å². The molecule has 0 spiro atoms. The molecule has 0 saturated heterocycles. The lowest BCUT2D eigenvalue weighted by molar-refractivity contribution is -0.141. The number of hydrogen-bond donors (Lipinski definition) is 2. The van der Waals surface area contributed by atoms with Crippen molar-refractivity contribution in [1.29, 1.82) is 0 Å². The summed E-state index contributed by atoms with van der Waals surface area (Å²) in [5, 5.41) is 13.0. The first-order valence-corrected chi connectivity index (χ1v) is 8.80. The average Bonchev–Trinajstić information content (AvgIpc) is 3.06. The predicted octanol–water partition coefficient (Wildman–Crippen LogP) is 3.51. The molecule has 0 unspecified atom stereocenters. The molecule has 0 aliphatic carbocycles. The Bertz CT molecular complexity index is 842. The van der Waals surface area contributed by atoms with Crippen molar-refractivity contribution in [2.45, 2.75) is 32.0 Å². The quantitative estimate of drug-likeness (QED) is 0.528. The molecule has 1 heterocycles. The van der Waals surface area contributed by atoms with Crippen LogP contribution < -0.4 is 10.6 Å². The fourth-order valence-electron chi connectivity index (χ4n) is 2.17. The van der Waals surface area contributed by atoms with Crippen LogP contribution in [0.1, 0.15) is 29.0 Å². The second-order valence-electron chi connectivity index (χ2n) is 5.54. The van der Waals surface area contributed by atoms with Crippen molar-refractivity contribution in [2.75, 3.05) is 12.4 Å². The van der Waals surface area contributed by atoms with Crippen LogP contribution in [0, 0.1) is 5.82 Å². The van der Waals surface area contributed by atoms with Crippen molar-refractivity contribution in [2.24, 2.45) is 0 Å². The number of nitrogens with one attached hydrogen (secondary N) is 2. The van der Waals surface area contributed by atoms with Crippen LogP contribution in [-0.4, -0.2) is 29.3 Å². The molecule has 0 aliphatic heterocycles. The smallest absolute Gasteiger partial charge is 0.416 e. The van der Waals surface area contributed by atoms with Crippen LogP contribution in [0.2, 0.25) is 0 Å². The van der Waals surface area contributed by atoms with E-state index < -0.39 is 30.1 Å². The van der Waals surface area contributed by atoms with Crippen molar-refractivity contribution in [3.05, 3.63) is 40.2 Å². The van der Waals surface area contributed by atoms with Crippen LogP contribution >= 0.6 is 11.3 Å². The molecule has 0 bridgehead atoms. The van der Waals surface area contributed by atoms with Crippen molar-refractivity contribution >= 4 is 28.5 Å². The maximum absolute atomic E-state index is 13.1. The molecule has 2 rings (SSSR count). The number of methoxy groups -OCH3 is 1. The minimum atomic E-state index is -4.74. The number of nitrogens with zero attached hydrogens (tertiary/aromatic N) is 2. The normalized spacial score (nSPS) is 11.2. The van der Waals surface area contributed by atoms with Gasteiger partial charge in [0.25, 0.3) is 0 Å². The zero-order chi connectivity index (χ0) is 20.7. The largest absolute Gasteiger partial charge is 0.469 e.